The zero-order valence-electron chi connectivity index (χ0n) is 14.8. The van der Waals surface area contributed by atoms with E-state index in [4.69, 9.17) is 4.74 Å². The van der Waals surface area contributed by atoms with Crippen LogP contribution in [-0.2, 0) is 13.0 Å². The predicted octanol–water partition coefficient (Wildman–Crippen LogP) is 2.79. The highest BCUT2D eigenvalue weighted by Crippen LogP contribution is 2.23. The average molecular weight is 345 g/mol. The second-order valence-electron chi connectivity index (χ2n) is 5.70. The monoisotopic (exact) mass is 345 g/mol. The highest BCUT2D eigenvalue weighted by atomic mass is 19.1. The molecule has 2 aromatic carbocycles. The maximum atomic E-state index is 13.0. The van der Waals surface area contributed by atoms with E-state index in [9.17, 15) is 9.50 Å². The Bertz CT molecular complexity index is 717. The molecule has 0 aromatic heterocycles. The number of phenolic OH excluding ortho intramolecular Hbond substituents is 1. The molecular formula is C19H24FN3O2. The van der Waals surface area contributed by atoms with Crippen molar-refractivity contribution in [1.82, 2.24) is 10.2 Å². The molecule has 0 aliphatic heterocycles. The van der Waals surface area contributed by atoms with Gasteiger partial charge < -0.3 is 20.1 Å². The molecule has 0 amide bonds. The normalized spacial score (nSPS) is 11.3. The summed E-state index contributed by atoms with van der Waals surface area (Å²) in [5.74, 6) is 1.34. The molecule has 0 heterocycles. The van der Waals surface area contributed by atoms with Crippen LogP contribution in [0, 0.1) is 5.82 Å². The molecule has 134 valence electrons. The van der Waals surface area contributed by atoms with E-state index in [-0.39, 0.29) is 11.6 Å². The third-order valence-corrected chi connectivity index (χ3v) is 3.88. The summed E-state index contributed by atoms with van der Waals surface area (Å²) >= 11 is 0. The van der Waals surface area contributed by atoms with Gasteiger partial charge in [0.25, 0.3) is 0 Å². The van der Waals surface area contributed by atoms with Crippen molar-refractivity contribution < 1.29 is 14.2 Å². The lowest BCUT2D eigenvalue weighted by molar-refractivity contribution is 0.406. The highest BCUT2D eigenvalue weighted by molar-refractivity contribution is 5.79. The Labute approximate surface area is 147 Å². The number of aliphatic imine (C=N–C) groups is 1. The van der Waals surface area contributed by atoms with Crippen molar-refractivity contribution in [1.29, 1.82) is 0 Å². The van der Waals surface area contributed by atoms with Gasteiger partial charge in [-0.2, -0.15) is 0 Å². The molecule has 0 unspecified atom stereocenters. The second kappa shape index (κ2) is 8.92. The number of benzene rings is 2. The van der Waals surface area contributed by atoms with Gasteiger partial charge in [-0.3, -0.25) is 4.99 Å². The Kier molecular flexibility index (Phi) is 6.62. The van der Waals surface area contributed by atoms with Crippen molar-refractivity contribution >= 4 is 5.96 Å². The van der Waals surface area contributed by atoms with Crippen LogP contribution >= 0.6 is 0 Å². The summed E-state index contributed by atoms with van der Waals surface area (Å²) in [6.45, 7) is 1.24. The third kappa shape index (κ3) is 5.38. The fourth-order valence-electron chi connectivity index (χ4n) is 2.51. The lowest BCUT2D eigenvalue weighted by atomic mass is 10.1. The van der Waals surface area contributed by atoms with Crippen LogP contribution in [0.15, 0.2) is 47.5 Å². The van der Waals surface area contributed by atoms with Gasteiger partial charge in [0.2, 0.25) is 0 Å². The number of halogens is 1. The molecule has 25 heavy (non-hydrogen) atoms. The zero-order valence-corrected chi connectivity index (χ0v) is 14.8. The summed E-state index contributed by atoms with van der Waals surface area (Å²) in [5.41, 5.74) is 1.84. The molecule has 0 aliphatic rings. The summed E-state index contributed by atoms with van der Waals surface area (Å²) in [5, 5.41) is 13.3. The first-order chi connectivity index (χ1) is 12.0. The molecule has 0 fully saturated rings. The summed E-state index contributed by atoms with van der Waals surface area (Å²) < 4.78 is 18.1. The van der Waals surface area contributed by atoms with Gasteiger partial charge in [0, 0.05) is 33.3 Å². The molecule has 0 bridgehead atoms. The van der Waals surface area contributed by atoms with Gasteiger partial charge in [0.15, 0.2) is 5.96 Å². The molecule has 6 heteroatoms. The number of phenols is 1. The Hall–Kier alpha value is -2.76. The number of aromatic hydroxyl groups is 1. The second-order valence-corrected chi connectivity index (χ2v) is 5.70. The van der Waals surface area contributed by atoms with E-state index in [0.29, 0.717) is 25.3 Å². The molecule has 2 N–H and O–H groups in total. The van der Waals surface area contributed by atoms with Gasteiger partial charge in [-0.15, -0.1) is 0 Å². The number of rotatable bonds is 6. The zero-order chi connectivity index (χ0) is 18.2. The van der Waals surface area contributed by atoms with E-state index in [0.717, 1.165) is 17.1 Å². The van der Waals surface area contributed by atoms with Gasteiger partial charge in [-0.1, -0.05) is 18.2 Å². The van der Waals surface area contributed by atoms with E-state index >= 15 is 0 Å². The van der Waals surface area contributed by atoms with Gasteiger partial charge in [-0.25, -0.2) is 4.39 Å². The number of ether oxygens (including phenoxy) is 1. The smallest absolute Gasteiger partial charge is 0.193 e. The van der Waals surface area contributed by atoms with E-state index < -0.39 is 0 Å². The van der Waals surface area contributed by atoms with Crippen LogP contribution in [0.1, 0.15) is 11.1 Å². The molecular weight excluding hydrogens is 321 g/mol. The van der Waals surface area contributed by atoms with E-state index in [1.165, 1.54) is 12.1 Å². The molecule has 0 atom stereocenters. The molecule has 2 rings (SSSR count). The van der Waals surface area contributed by atoms with Crippen molar-refractivity contribution in [2.75, 3.05) is 27.7 Å². The SMILES string of the molecule is CN=C(NCCc1ccc(OC)cc1O)N(C)Cc1ccc(F)cc1. The molecule has 0 saturated heterocycles. The minimum Gasteiger partial charge on any atom is -0.508 e. The molecule has 2 aromatic rings. The number of nitrogens with zero attached hydrogens (tertiary/aromatic N) is 2. The summed E-state index contributed by atoms with van der Waals surface area (Å²) in [6.07, 6.45) is 0.652. The van der Waals surface area contributed by atoms with Gasteiger partial charge in [0.05, 0.1) is 7.11 Å². The fourth-order valence-corrected chi connectivity index (χ4v) is 2.51. The van der Waals surface area contributed by atoms with Crippen LogP contribution in [0.3, 0.4) is 0 Å². The van der Waals surface area contributed by atoms with Crippen molar-refractivity contribution in [2.45, 2.75) is 13.0 Å². The number of nitrogens with one attached hydrogen (secondary N) is 1. The maximum absolute atomic E-state index is 13.0. The van der Waals surface area contributed by atoms with Crippen molar-refractivity contribution in [3.8, 4) is 11.5 Å². The largest absolute Gasteiger partial charge is 0.508 e. The minimum atomic E-state index is -0.242. The first-order valence-corrected chi connectivity index (χ1v) is 8.05. The van der Waals surface area contributed by atoms with Crippen LogP contribution in [0.4, 0.5) is 4.39 Å². The van der Waals surface area contributed by atoms with Crippen LogP contribution in [0.5, 0.6) is 11.5 Å². The summed E-state index contributed by atoms with van der Waals surface area (Å²) in [6, 6.07) is 11.7. The Morgan fingerprint density at radius 3 is 2.56 bits per heavy atom. The van der Waals surface area contributed by atoms with Crippen LogP contribution in [0.25, 0.3) is 0 Å². The van der Waals surface area contributed by atoms with Gasteiger partial charge in [0.1, 0.15) is 17.3 Å². The minimum absolute atomic E-state index is 0.218. The lowest BCUT2D eigenvalue weighted by Gasteiger charge is -2.22. The van der Waals surface area contributed by atoms with E-state index in [2.05, 4.69) is 10.3 Å². The van der Waals surface area contributed by atoms with E-state index in [1.807, 2.05) is 24.1 Å². The Balaban J connectivity index is 1.88. The van der Waals surface area contributed by atoms with Crippen molar-refractivity contribution in [3.05, 3.63) is 59.4 Å². The predicted molar refractivity (Wildman–Crippen MR) is 97.6 cm³/mol. The summed E-state index contributed by atoms with van der Waals surface area (Å²) in [7, 11) is 5.20. The van der Waals surface area contributed by atoms with Crippen LogP contribution in [-0.4, -0.2) is 43.7 Å². The highest BCUT2D eigenvalue weighted by Gasteiger charge is 2.08. The van der Waals surface area contributed by atoms with E-state index in [1.54, 1.807) is 32.4 Å². The molecule has 0 spiro atoms. The number of guanidine groups is 1. The number of hydrogen-bond acceptors (Lipinski definition) is 3. The average Bonchev–Trinajstić information content (AvgIpc) is 2.61. The fraction of sp³-hybridized carbons (Fsp3) is 0.316. The molecule has 0 radical (unpaired) electrons. The lowest BCUT2D eigenvalue weighted by Crippen LogP contribution is -2.39. The molecule has 0 saturated carbocycles. The topological polar surface area (TPSA) is 57.1 Å². The maximum Gasteiger partial charge on any atom is 0.193 e. The van der Waals surface area contributed by atoms with Gasteiger partial charge >= 0.3 is 0 Å². The number of hydrogen-bond donors (Lipinski definition) is 2. The Morgan fingerprint density at radius 2 is 1.96 bits per heavy atom. The molecule has 5 nitrogen and oxygen atoms in total. The Morgan fingerprint density at radius 1 is 1.24 bits per heavy atom. The number of methoxy groups -OCH3 is 1. The summed E-state index contributed by atoms with van der Waals surface area (Å²) in [4.78, 5) is 6.22. The standard InChI is InChI=1S/C19H24FN3O2/c1-21-19(23(2)13-14-4-7-16(20)8-5-14)22-11-10-15-6-9-17(25-3)12-18(15)24/h4-9,12,24H,10-11,13H2,1-3H3,(H,21,22). The van der Waals surface area contributed by atoms with Gasteiger partial charge in [-0.05, 0) is 35.7 Å². The quantitative estimate of drug-likeness (QED) is 0.624. The first-order valence-electron chi connectivity index (χ1n) is 8.05. The van der Waals surface area contributed by atoms with Crippen LogP contribution < -0.4 is 10.1 Å². The van der Waals surface area contributed by atoms with Crippen LogP contribution in [0.2, 0.25) is 0 Å². The van der Waals surface area contributed by atoms with Crippen molar-refractivity contribution in [2.24, 2.45) is 4.99 Å². The first kappa shape index (κ1) is 18.6. The van der Waals surface area contributed by atoms with Crippen molar-refractivity contribution in [3.63, 3.8) is 0 Å². The molecule has 0 aliphatic carbocycles. The third-order valence-electron chi connectivity index (χ3n) is 3.88.